The molecule has 0 spiro atoms. The Morgan fingerprint density at radius 1 is 1.42 bits per heavy atom. The average Bonchev–Trinajstić information content (AvgIpc) is 1.92. The van der Waals surface area contributed by atoms with Crippen molar-refractivity contribution in [3.8, 4) is 0 Å². The summed E-state index contributed by atoms with van der Waals surface area (Å²) in [5.74, 6) is -0.608. The number of carbonyl (C=O) groups excluding carboxylic acids is 1. The van der Waals surface area contributed by atoms with E-state index < -0.39 is 21.0 Å². The van der Waals surface area contributed by atoms with E-state index >= 15 is 0 Å². The number of carbonyl (C=O) groups is 1. The summed E-state index contributed by atoms with van der Waals surface area (Å²) in [6, 6.07) is 0. The molecule has 12 heavy (non-hydrogen) atoms. The zero-order chi connectivity index (χ0) is 9.19. The molecule has 0 aliphatic carbocycles. The van der Waals surface area contributed by atoms with E-state index in [1.165, 1.54) is 12.2 Å². The Balaban J connectivity index is 2.85. The standard InChI is InChI=1S/C7H9NO3S/c8-7(9)5-6-3-1-2-4-12(6,10)11/h1-4,6H,5H2,(H2,8,9). The Morgan fingerprint density at radius 3 is 2.58 bits per heavy atom. The van der Waals surface area contributed by atoms with E-state index in [9.17, 15) is 13.2 Å². The molecule has 0 aromatic rings. The first-order valence-electron chi connectivity index (χ1n) is 3.39. The van der Waals surface area contributed by atoms with Crippen LogP contribution in [0.5, 0.6) is 0 Å². The van der Waals surface area contributed by atoms with Gasteiger partial charge in [-0.2, -0.15) is 0 Å². The molecule has 1 unspecified atom stereocenters. The molecule has 2 N–H and O–H groups in total. The molecule has 5 heteroatoms. The topological polar surface area (TPSA) is 77.2 Å². The molecule has 1 amide bonds. The van der Waals surface area contributed by atoms with E-state index in [-0.39, 0.29) is 6.42 Å². The first-order chi connectivity index (χ1) is 5.52. The fourth-order valence-corrected chi connectivity index (χ4v) is 2.15. The summed E-state index contributed by atoms with van der Waals surface area (Å²) in [4.78, 5) is 10.5. The molecule has 1 rings (SSSR count). The molecule has 1 aliphatic rings. The number of hydrogen-bond donors (Lipinski definition) is 1. The van der Waals surface area contributed by atoms with Gasteiger partial charge in [0.1, 0.15) is 0 Å². The largest absolute Gasteiger partial charge is 0.370 e. The van der Waals surface area contributed by atoms with Gasteiger partial charge in [-0.15, -0.1) is 0 Å². The fourth-order valence-electron chi connectivity index (χ4n) is 0.936. The summed E-state index contributed by atoms with van der Waals surface area (Å²) < 4.78 is 22.3. The van der Waals surface area contributed by atoms with Crippen LogP contribution in [0.15, 0.2) is 23.6 Å². The molecule has 0 saturated heterocycles. The van der Waals surface area contributed by atoms with E-state index in [1.807, 2.05) is 0 Å². The van der Waals surface area contributed by atoms with Gasteiger partial charge in [0.15, 0.2) is 9.84 Å². The van der Waals surface area contributed by atoms with E-state index in [1.54, 1.807) is 6.08 Å². The molecule has 0 aromatic heterocycles. The van der Waals surface area contributed by atoms with Crippen molar-refractivity contribution in [2.75, 3.05) is 0 Å². The van der Waals surface area contributed by atoms with E-state index in [0.717, 1.165) is 5.41 Å². The van der Waals surface area contributed by atoms with Gasteiger partial charge in [0.05, 0.1) is 5.25 Å². The second-order valence-electron chi connectivity index (χ2n) is 2.51. The summed E-state index contributed by atoms with van der Waals surface area (Å²) in [6.07, 6.45) is 4.32. The average molecular weight is 187 g/mol. The van der Waals surface area contributed by atoms with Gasteiger partial charge >= 0.3 is 0 Å². The van der Waals surface area contributed by atoms with Crippen LogP contribution in [0.25, 0.3) is 0 Å². The minimum absolute atomic E-state index is 0.150. The van der Waals surface area contributed by atoms with Crippen LogP contribution in [0, 0.1) is 0 Å². The van der Waals surface area contributed by atoms with Crippen LogP contribution in [0.1, 0.15) is 6.42 Å². The highest BCUT2D eigenvalue weighted by atomic mass is 32.2. The van der Waals surface area contributed by atoms with Crippen LogP contribution in [0.4, 0.5) is 0 Å². The van der Waals surface area contributed by atoms with Crippen LogP contribution < -0.4 is 5.73 Å². The monoisotopic (exact) mass is 187 g/mol. The summed E-state index contributed by atoms with van der Waals surface area (Å²) in [7, 11) is -3.29. The summed E-state index contributed by atoms with van der Waals surface area (Å²) in [5.41, 5.74) is 4.88. The summed E-state index contributed by atoms with van der Waals surface area (Å²) in [6.45, 7) is 0. The molecule has 1 aliphatic heterocycles. The van der Waals surface area contributed by atoms with Crippen molar-refractivity contribution in [1.82, 2.24) is 0 Å². The molecule has 1 heterocycles. The van der Waals surface area contributed by atoms with Gasteiger partial charge in [-0.05, 0) is 0 Å². The predicted molar refractivity (Wildman–Crippen MR) is 44.8 cm³/mol. The van der Waals surface area contributed by atoms with Gasteiger partial charge in [0.25, 0.3) is 0 Å². The molecule has 1 atom stereocenters. The minimum Gasteiger partial charge on any atom is -0.370 e. The first kappa shape index (κ1) is 8.99. The summed E-state index contributed by atoms with van der Waals surface area (Å²) in [5, 5.41) is 0.306. The molecule has 0 bridgehead atoms. The van der Waals surface area contributed by atoms with Crippen molar-refractivity contribution >= 4 is 15.7 Å². The Kier molecular flexibility index (Phi) is 2.32. The van der Waals surface area contributed by atoms with Crippen LogP contribution in [0.3, 0.4) is 0 Å². The number of sulfone groups is 1. The van der Waals surface area contributed by atoms with Gasteiger partial charge < -0.3 is 5.73 Å². The lowest BCUT2D eigenvalue weighted by Crippen LogP contribution is -2.25. The normalized spacial score (nSPS) is 25.5. The van der Waals surface area contributed by atoms with Crippen LogP contribution >= 0.6 is 0 Å². The maximum Gasteiger partial charge on any atom is 0.219 e. The number of allylic oxidation sites excluding steroid dienone is 2. The smallest absolute Gasteiger partial charge is 0.219 e. The van der Waals surface area contributed by atoms with Crippen molar-refractivity contribution in [2.24, 2.45) is 5.73 Å². The Morgan fingerprint density at radius 2 is 2.08 bits per heavy atom. The fraction of sp³-hybridized carbons (Fsp3) is 0.286. The molecular weight excluding hydrogens is 178 g/mol. The molecule has 66 valence electrons. The van der Waals surface area contributed by atoms with Crippen LogP contribution in [-0.4, -0.2) is 19.6 Å². The number of rotatable bonds is 2. The molecule has 0 saturated carbocycles. The third-order valence-corrected chi connectivity index (χ3v) is 3.23. The molecule has 0 fully saturated rings. The Labute approximate surface area is 70.7 Å². The molecular formula is C7H9NO3S. The molecule has 0 aromatic carbocycles. The molecule has 0 radical (unpaired) electrons. The maximum atomic E-state index is 11.2. The van der Waals surface area contributed by atoms with Crippen molar-refractivity contribution in [3.63, 3.8) is 0 Å². The van der Waals surface area contributed by atoms with Gasteiger partial charge in [0.2, 0.25) is 5.91 Å². The lowest BCUT2D eigenvalue weighted by molar-refractivity contribution is -0.117. The van der Waals surface area contributed by atoms with Crippen molar-refractivity contribution < 1.29 is 13.2 Å². The van der Waals surface area contributed by atoms with Gasteiger partial charge in [-0.1, -0.05) is 18.2 Å². The first-order valence-corrected chi connectivity index (χ1v) is 5.00. The van der Waals surface area contributed by atoms with E-state index in [4.69, 9.17) is 5.73 Å². The van der Waals surface area contributed by atoms with Gasteiger partial charge in [-0.3, -0.25) is 4.79 Å². The van der Waals surface area contributed by atoms with Gasteiger partial charge in [-0.25, -0.2) is 8.42 Å². The lowest BCUT2D eigenvalue weighted by atomic mass is 10.2. The highest BCUT2D eigenvalue weighted by molar-refractivity contribution is 7.95. The SMILES string of the molecule is NC(=O)CC1C=CC=CS1(=O)=O. The Bertz CT molecular complexity index is 340. The Hall–Kier alpha value is -1.10. The third kappa shape index (κ3) is 1.94. The quantitative estimate of drug-likeness (QED) is 0.646. The second kappa shape index (κ2) is 3.10. The predicted octanol–water partition coefficient (Wildman–Crippen LogP) is -0.271. The third-order valence-electron chi connectivity index (χ3n) is 1.53. The zero-order valence-corrected chi connectivity index (χ0v) is 7.12. The van der Waals surface area contributed by atoms with Crippen molar-refractivity contribution in [1.29, 1.82) is 0 Å². The highest BCUT2D eigenvalue weighted by Crippen LogP contribution is 2.14. The van der Waals surface area contributed by atoms with E-state index in [2.05, 4.69) is 0 Å². The second-order valence-corrected chi connectivity index (χ2v) is 4.57. The number of primary amides is 1. The number of hydrogen-bond acceptors (Lipinski definition) is 3. The highest BCUT2D eigenvalue weighted by Gasteiger charge is 2.23. The molecule has 4 nitrogen and oxygen atoms in total. The van der Waals surface area contributed by atoms with E-state index in [0.29, 0.717) is 0 Å². The van der Waals surface area contributed by atoms with Crippen molar-refractivity contribution in [3.05, 3.63) is 23.6 Å². The number of amides is 1. The van der Waals surface area contributed by atoms with Crippen LogP contribution in [-0.2, 0) is 14.6 Å². The van der Waals surface area contributed by atoms with Crippen molar-refractivity contribution in [2.45, 2.75) is 11.7 Å². The summed E-state index contributed by atoms with van der Waals surface area (Å²) >= 11 is 0. The minimum atomic E-state index is -3.29. The zero-order valence-electron chi connectivity index (χ0n) is 6.30. The lowest BCUT2D eigenvalue weighted by Gasteiger charge is -2.10. The maximum absolute atomic E-state index is 11.2. The number of nitrogens with two attached hydrogens (primary N) is 1. The van der Waals surface area contributed by atoms with Gasteiger partial charge in [0, 0.05) is 11.8 Å². The van der Waals surface area contributed by atoms with Crippen LogP contribution in [0.2, 0.25) is 0 Å².